The van der Waals surface area contributed by atoms with Crippen molar-refractivity contribution < 1.29 is 14.3 Å². The lowest BCUT2D eigenvalue weighted by Crippen LogP contribution is -2.44. The van der Waals surface area contributed by atoms with E-state index in [1.54, 1.807) is 0 Å². The minimum atomic E-state index is 0.282. The zero-order valence-corrected chi connectivity index (χ0v) is 15.1. The maximum atomic E-state index is 12.7. The van der Waals surface area contributed by atoms with Crippen LogP contribution >= 0.6 is 0 Å². The summed E-state index contributed by atoms with van der Waals surface area (Å²) in [5, 5.41) is 0. The normalized spacial score (nSPS) is 26.2. The standard InChI is InChI=1S/C20H28N2O3/c1-15-17(21-9-2-3-10-21)8-11-22(15)20(23)7-5-16-4-6-18-19(14-16)25-13-12-24-18/h4,6,14-15,17H,2-3,5,7-13H2,1H3/t15-,17+/m0/s1. The van der Waals surface area contributed by atoms with Crippen LogP contribution in [0.25, 0.3) is 0 Å². The summed E-state index contributed by atoms with van der Waals surface area (Å²) in [6.45, 7) is 6.73. The molecule has 25 heavy (non-hydrogen) atoms. The Morgan fingerprint density at radius 1 is 1.12 bits per heavy atom. The molecule has 3 aliphatic rings. The number of carbonyl (C=O) groups is 1. The molecule has 4 rings (SSSR count). The molecule has 5 nitrogen and oxygen atoms in total. The molecule has 1 amide bonds. The third kappa shape index (κ3) is 3.47. The van der Waals surface area contributed by atoms with E-state index in [4.69, 9.17) is 9.47 Å². The van der Waals surface area contributed by atoms with Crippen molar-refractivity contribution in [3.63, 3.8) is 0 Å². The summed E-state index contributed by atoms with van der Waals surface area (Å²) in [7, 11) is 0. The van der Waals surface area contributed by atoms with Gasteiger partial charge in [0.2, 0.25) is 5.91 Å². The largest absolute Gasteiger partial charge is 0.486 e. The molecular weight excluding hydrogens is 316 g/mol. The summed E-state index contributed by atoms with van der Waals surface area (Å²) in [6.07, 6.45) is 5.06. The fraction of sp³-hybridized carbons (Fsp3) is 0.650. The zero-order valence-electron chi connectivity index (χ0n) is 15.1. The average Bonchev–Trinajstić information content (AvgIpc) is 3.29. The maximum absolute atomic E-state index is 12.7. The molecule has 3 heterocycles. The summed E-state index contributed by atoms with van der Waals surface area (Å²) >= 11 is 0. The monoisotopic (exact) mass is 344 g/mol. The van der Waals surface area contributed by atoms with E-state index < -0.39 is 0 Å². The summed E-state index contributed by atoms with van der Waals surface area (Å²) < 4.78 is 11.2. The molecule has 0 aliphatic carbocycles. The van der Waals surface area contributed by atoms with Crippen molar-refractivity contribution in [2.75, 3.05) is 32.8 Å². The van der Waals surface area contributed by atoms with Crippen LogP contribution in [0.5, 0.6) is 11.5 Å². The fourth-order valence-electron chi connectivity index (χ4n) is 4.47. The van der Waals surface area contributed by atoms with Crippen molar-refractivity contribution in [2.45, 2.75) is 51.1 Å². The molecular formula is C20H28N2O3. The highest BCUT2D eigenvalue weighted by molar-refractivity contribution is 5.77. The predicted octanol–water partition coefficient (Wildman–Crippen LogP) is 2.48. The molecule has 2 fully saturated rings. The van der Waals surface area contributed by atoms with Crippen LogP contribution in [-0.2, 0) is 11.2 Å². The Morgan fingerprint density at radius 2 is 1.88 bits per heavy atom. The average molecular weight is 344 g/mol. The molecule has 0 bridgehead atoms. The smallest absolute Gasteiger partial charge is 0.223 e. The lowest BCUT2D eigenvalue weighted by molar-refractivity contribution is -0.132. The first kappa shape index (κ1) is 16.7. The second kappa shape index (κ2) is 7.24. The Labute approximate surface area is 149 Å². The van der Waals surface area contributed by atoms with Gasteiger partial charge in [-0.1, -0.05) is 6.07 Å². The first-order valence-corrected chi connectivity index (χ1v) is 9.64. The number of nitrogens with zero attached hydrogens (tertiary/aromatic N) is 2. The van der Waals surface area contributed by atoms with Crippen molar-refractivity contribution in [3.05, 3.63) is 23.8 Å². The fourth-order valence-corrected chi connectivity index (χ4v) is 4.47. The van der Waals surface area contributed by atoms with Crippen molar-refractivity contribution in [2.24, 2.45) is 0 Å². The van der Waals surface area contributed by atoms with Gasteiger partial charge in [0.1, 0.15) is 13.2 Å². The highest BCUT2D eigenvalue weighted by Gasteiger charge is 2.37. The van der Waals surface area contributed by atoms with Gasteiger partial charge < -0.3 is 14.4 Å². The van der Waals surface area contributed by atoms with Gasteiger partial charge in [-0.3, -0.25) is 9.69 Å². The summed E-state index contributed by atoms with van der Waals surface area (Å²) in [5.41, 5.74) is 1.14. The summed E-state index contributed by atoms with van der Waals surface area (Å²) in [5.74, 6) is 1.90. The molecule has 0 radical (unpaired) electrons. The van der Waals surface area contributed by atoms with Gasteiger partial charge in [-0.25, -0.2) is 0 Å². The molecule has 5 heteroatoms. The number of amides is 1. The van der Waals surface area contributed by atoms with Crippen molar-refractivity contribution in [1.29, 1.82) is 0 Å². The van der Waals surface area contributed by atoms with Gasteiger partial charge in [0, 0.05) is 25.0 Å². The molecule has 0 aromatic heterocycles. The van der Waals surface area contributed by atoms with Crippen LogP contribution in [0.4, 0.5) is 0 Å². The van der Waals surface area contributed by atoms with Crippen molar-refractivity contribution in [1.82, 2.24) is 9.80 Å². The number of aryl methyl sites for hydroxylation is 1. The van der Waals surface area contributed by atoms with Crippen molar-refractivity contribution in [3.8, 4) is 11.5 Å². The Kier molecular flexibility index (Phi) is 4.84. The van der Waals surface area contributed by atoms with E-state index in [9.17, 15) is 4.79 Å². The van der Waals surface area contributed by atoms with Gasteiger partial charge in [0.25, 0.3) is 0 Å². The number of ether oxygens (including phenoxy) is 2. The number of hydrogen-bond acceptors (Lipinski definition) is 4. The molecule has 136 valence electrons. The molecule has 2 atom stereocenters. The Balaban J connectivity index is 1.33. The first-order valence-electron chi connectivity index (χ1n) is 9.64. The van der Waals surface area contributed by atoms with Gasteiger partial charge >= 0.3 is 0 Å². The van der Waals surface area contributed by atoms with E-state index in [0.29, 0.717) is 31.7 Å². The number of fused-ring (bicyclic) bond motifs is 1. The molecule has 0 saturated carbocycles. The molecule has 2 saturated heterocycles. The summed E-state index contributed by atoms with van der Waals surface area (Å²) in [6, 6.07) is 6.91. The van der Waals surface area contributed by atoms with Gasteiger partial charge in [0.15, 0.2) is 11.5 Å². The minimum absolute atomic E-state index is 0.282. The van der Waals surface area contributed by atoms with Crippen LogP contribution in [0.3, 0.4) is 0 Å². The highest BCUT2D eigenvalue weighted by Crippen LogP contribution is 2.31. The van der Waals surface area contributed by atoms with Crippen molar-refractivity contribution >= 4 is 5.91 Å². The van der Waals surface area contributed by atoms with Crippen LogP contribution in [0.1, 0.15) is 38.2 Å². The zero-order chi connectivity index (χ0) is 17.2. The van der Waals surface area contributed by atoms with Crippen LogP contribution in [-0.4, -0.2) is 60.6 Å². The van der Waals surface area contributed by atoms with E-state index >= 15 is 0 Å². The van der Waals surface area contributed by atoms with E-state index in [-0.39, 0.29) is 5.91 Å². The quantitative estimate of drug-likeness (QED) is 0.841. The first-order chi connectivity index (χ1) is 12.2. The molecule has 0 spiro atoms. The second-order valence-electron chi connectivity index (χ2n) is 7.40. The number of hydrogen-bond donors (Lipinski definition) is 0. The molecule has 1 aromatic carbocycles. The molecule has 0 N–H and O–H groups in total. The third-order valence-electron chi connectivity index (χ3n) is 5.88. The lowest BCUT2D eigenvalue weighted by atomic mass is 10.1. The van der Waals surface area contributed by atoms with E-state index in [1.165, 1.54) is 25.9 Å². The van der Waals surface area contributed by atoms with E-state index in [2.05, 4.69) is 16.7 Å². The van der Waals surface area contributed by atoms with Crippen LogP contribution in [0.15, 0.2) is 18.2 Å². The Hall–Kier alpha value is -1.75. The minimum Gasteiger partial charge on any atom is -0.486 e. The van der Waals surface area contributed by atoms with E-state index in [0.717, 1.165) is 36.4 Å². The number of carbonyl (C=O) groups excluding carboxylic acids is 1. The number of rotatable bonds is 4. The molecule has 3 aliphatic heterocycles. The topological polar surface area (TPSA) is 42.0 Å². The van der Waals surface area contributed by atoms with E-state index in [1.807, 2.05) is 18.2 Å². The predicted molar refractivity (Wildman–Crippen MR) is 96.1 cm³/mol. The molecule has 1 aromatic rings. The second-order valence-corrected chi connectivity index (χ2v) is 7.40. The number of benzene rings is 1. The molecule has 0 unspecified atom stereocenters. The highest BCUT2D eigenvalue weighted by atomic mass is 16.6. The third-order valence-corrected chi connectivity index (χ3v) is 5.88. The van der Waals surface area contributed by atoms with Crippen LogP contribution < -0.4 is 9.47 Å². The van der Waals surface area contributed by atoms with Gasteiger partial charge in [-0.2, -0.15) is 0 Å². The SMILES string of the molecule is C[C@H]1[C@H](N2CCCC2)CCN1C(=O)CCc1ccc2c(c1)OCCO2. The van der Waals surface area contributed by atoms with Gasteiger partial charge in [-0.15, -0.1) is 0 Å². The van der Waals surface area contributed by atoms with Crippen LogP contribution in [0, 0.1) is 0 Å². The Bertz CT molecular complexity index is 627. The summed E-state index contributed by atoms with van der Waals surface area (Å²) in [4.78, 5) is 17.4. The number of likely N-dealkylation sites (tertiary alicyclic amines) is 2. The maximum Gasteiger partial charge on any atom is 0.223 e. The van der Waals surface area contributed by atoms with Crippen LogP contribution in [0.2, 0.25) is 0 Å². The Morgan fingerprint density at radius 3 is 2.68 bits per heavy atom. The van der Waals surface area contributed by atoms with Gasteiger partial charge in [-0.05, 0) is 63.4 Å². The lowest BCUT2D eigenvalue weighted by Gasteiger charge is -2.30. The van der Waals surface area contributed by atoms with Gasteiger partial charge in [0.05, 0.1) is 0 Å².